The quantitative estimate of drug-likeness (QED) is 0.754. The molecule has 0 N–H and O–H groups in total. The molecule has 0 radical (unpaired) electrons. The molecule has 1 saturated heterocycles. The van der Waals surface area contributed by atoms with Crippen LogP contribution in [0.4, 0.5) is 5.82 Å². The standard InChI is InChI=1S/C18H31BN2O2/c1-8-10-21(11-9-2)16-12-14(3)15(13-20-16)19-22-17(4,5)18(6,7)23-19/h12-13H,8-11H2,1-7H3. The summed E-state index contributed by atoms with van der Waals surface area (Å²) in [5.74, 6) is 1.05. The molecular formula is C18H31BN2O2. The Morgan fingerprint density at radius 1 is 1.04 bits per heavy atom. The van der Waals surface area contributed by atoms with Crippen LogP contribution in [0.1, 0.15) is 59.9 Å². The summed E-state index contributed by atoms with van der Waals surface area (Å²) in [6.07, 6.45) is 4.17. The maximum atomic E-state index is 6.15. The second-order valence-electron chi connectivity index (χ2n) is 7.47. The van der Waals surface area contributed by atoms with Crippen LogP contribution in [0.25, 0.3) is 0 Å². The van der Waals surface area contributed by atoms with Crippen molar-refractivity contribution >= 4 is 18.4 Å². The maximum absolute atomic E-state index is 6.15. The molecule has 0 aromatic carbocycles. The summed E-state index contributed by atoms with van der Waals surface area (Å²) in [5, 5.41) is 0. The molecule has 2 heterocycles. The molecule has 1 fully saturated rings. The average Bonchev–Trinajstić information content (AvgIpc) is 2.66. The molecule has 0 atom stereocenters. The largest absolute Gasteiger partial charge is 0.496 e. The third kappa shape index (κ3) is 3.72. The molecule has 0 aliphatic carbocycles. The van der Waals surface area contributed by atoms with Gasteiger partial charge in [0.05, 0.1) is 11.2 Å². The summed E-state index contributed by atoms with van der Waals surface area (Å²) in [7, 11) is -0.340. The van der Waals surface area contributed by atoms with Crippen LogP contribution in [-0.2, 0) is 9.31 Å². The summed E-state index contributed by atoms with van der Waals surface area (Å²) in [5.41, 5.74) is 1.56. The molecule has 0 saturated carbocycles. The first-order valence-corrected chi connectivity index (χ1v) is 8.79. The Balaban J connectivity index is 2.23. The Hall–Kier alpha value is -1.07. The van der Waals surface area contributed by atoms with Gasteiger partial charge in [-0.2, -0.15) is 0 Å². The zero-order valence-electron chi connectivity index (χ0n) is 15.8. The molecule has 0 unspecified atom stereocenters. The molecule has 4 nitrogen and oxygen atoms in total. The fourth-order valence-electron chi connectivity index (χ4n) is 2.82. The van der Waals surface area contributed by atoms with Gasteiger partial charge in [0, 0.05) is 24.7 Å². The summed E-state index contributed by atoms with van der Waals surface area (Å²) < 4.78 is 12.3. The van der Waals surface area contributed by atoms with Crippen molar-refractivity contribution in [3.8, 4) is 0 Å². The van der Waals surface area contributed by atoms with Crippen LogP contribution in [0.5, 0.6) is 0 Å². The van der Waals surface area contributed by atoms with E-state index in [-0.39, 0.29) is 18.3 Å². The van der Waals surface area contributed by atoms with E-state index in [1.807, 2.05) is 6.20 Å². The molecule has 0 spiro atoms. The Bertz CT molecular complexity index is 524. The number of aryl methyl sites for hydroxylation is 1. The van der Waals surface area contributed by atoms with E-state index in [0.29, 0.717) is 0 Å². The smallest absolute Gasteiger partial charge is 0.399 e. The van der Waals surface area contributed by atoms with Crippen LogP contribution in [-0.4, -0.2) is 36.4 Å². The molecule has 0 amide bonds. The zero-order chi connectivity index (χ0) is 17.3. The molecule has 23 heavy (non-hydrogen) atoms. The van der Waals surface area contributed by atoms with Crippen molar-refractivity contribution in [2.24, 2.45) is 0 Å². The Morgan fingerprint density at radius 2 is 1.57 bits per heavy atom. The van der Waals surface area contributed by atoms with Gasteiger partial charge in [-0.25, -0.2) is 4.98 Å². The van der Waals surface area contributed by atoms with Crippen LogP contribution >= 0.6 is 0 Å². The first-order valence-electron chi connectivity index (χ1n) is 8.79. The van der Waals surface area contributed by atoms with Gasteiger partial charge >= 0.3 is 7.12 Å². The van der Waals surface area contributed by atoms with Crippen LogP contribution in [0.2, 0.25) is 0 Å². The highest BCUT2D eigenvalue weighted by Crippen LogP contribution is 2.36. The van der Waals surface area contributed by atoms with Crippen molar-refractivity contribution in [1.29, 1.82) is 0 Å². The third-order valence-corrected chi connectivity index (χ3v) is 4.96. The average molecular weight is 318 g/mol. The predicted octanol–water partition coefficient (Wildman–Crippen LogP) is 3.32. The van der Waals surface area contributed by atoms with E-state index in [9.17, 15) is 0 Å². The van der Waals surface area contributed by atoms with Gasteiger partial charge < -0.3 is 14.2 Å². The fourth-order valence-corrected chi connectivity index (χ4v) is 2.82. The lowest BCUT2D eigenvalue weighted by Crippen LogP contribution is -2.41. The Morgan fingerprint density at radius 3 is 2.00 bits per heavy atom. The first kappa shape index (κ1) is 18.3. The summed E-state index contributed by atoms with van der Waals surface area (Å²) in [6, 6.07) is 2.16. The van der Waals surface area contributed by atoms with Crippen molar-refractivity contribution in [3.63, 3.8) is 0 Å². The minimum Gasteiger partial charge on any atom is -0.399 e. The SMILES string of the molecule is CCCN(CCC)c1cc(C)c(B2OC(C)(C)C(C)(C)O2)cn1. The number of nitrogens with zero attached hydrogens (tertiary/aromatic N) is 2. The van der Waals surface area contributed by atoms with E-state index >= 15 is 0 Å². The maximum Gasteiger partial charge on any atom is 0.496 e. The molecule has 1 aromatic rings. The molecule has 5 heteroatoms. The molecular weight excluding hydrogens is 287 g/mol. The second-order valence-corrected chi connectivity index (χ2v) is 7.47. The van der Waals surface area contributed by atoms with E-state index in [1.165, 1.54) is 5.56 Å². The molecule has 1 aliphatic rings. The Labute approximate surface area is 141 Å². The minimum absolute atomic E-state index is 0.320. The van der Waals surface area contributed by atoms with Crippen LogP contribution in [0.15, 0.2) is 12.3 Å². The Kier molecular flexibility index (Phi) is 5.42. The molecule has 0 bridgehead atoms. The summed E-state index contributed by atoms with van der Waals surface area (Å²) in [4.78, 5) is 7.03. The van der Waals surface area contributed by atoms with Gasteiger partial charge in [0.1, 0.15) is 5.82 Å². The number of hydrogen-bond acceptors (Lipinski definition) is 4. The van der Waals surface area contributed by atoms with Crippen LogP contribution < -0.4 is 10.4 Å². The molecule has 1 aliphatic heterocycles. The third-order valence-electron chi connectivity index (χ3n) is 4.96. The lowest BCUT2D eigenvalue weighted by Gasteiger charge is -2.32. The molecule has 128 valence electrons. The number of aromatic nitrogens is 1. The van der Waals surface area contributed by atoms with Crippen molar-refractivity contribution in [1.82, 2.24) is 4.98 Å². The van der Waals surface area contributed by atoms with E-state index in [2.05, 4.69) is 64.4 Å². The van der Waals surface area contributed by atoms with E-state index in [1.54, 1.807) is 0 Å². The highest BCUT2D eigenvalue weighted by Gasteiger charge is 2.52. The van der Waals surface area contributed by atoms with Crippen molar-refractivity contribution in [2.75, 3.05) is 18.0 Å². The first-order chi connectivity index (χ1) is 10.7. The van der Waals surface area contributed by atoms with Crippen LogP contribution in [0, 0.1) is 6.92 Å². The van der Waals surface area contributed by atoms with Gasteiger partial charge in [-0.05, 0) is 59.1 Å². The number of rotatable bonds is 6. The monoisotopic (exact) mass is 318 g/mol. The number of hydrogen-bond donors (Lipinski definition) is 0. The number of anilines is 1. The minimum atomic E-state index is -0.340. The van der Waals surface area contributed by atoms with Gasteiger partial charge in [-0.3, -0.25) is 0 Å². The van der Waals surface area contributed by atoms with Crippen LogP contribution in [0.3, 0.4) is 0 Å². The van der Waals surface area contributed by atoms with Gasteiger partial charge in [0.2, 0.25) is 0 Å². The van der Waals surface area contributed by atoms with Crippen molar-refractivity contribution in [3.05, 3.63) is 17.8 Å². The summed E-state index contributed by atoms with van der Waals surface area (Å²) in [6.45, 7) is 16.9. The van der Waals surface area contributed by atoms with Gasteiger partial charge in [0.15, 0.2) is 0 Å². The van der Waals surface area contributed by atoms with Gasteiger partial charge in [-0.1, -0.05) is 13.8 Å². The fraction of sp³-hybridized carbons (Fsp3) is 0.722. The highest BCUT2D eigenvalue weighted by molar-refractivity contribution is 6.62. The predicted molar refractivity (Wildman–Crippen MR) is 97.5 cm³/mol. The molecule has 1 aromatic heterocycles. The van der Waals surface area contributed by atoms with Gasteiger partial charge in [-0.15, -0.1) is 0 Å². The zero-order valence-corrected chi connectivity index (χ0v) is 15.8. The lowest BCUT2D eigenvalue weighted by atomic mass is 9.77. The van der Waals surface area contributed by atoms with Gasteiger partial charge in [0.25, 0.3) is 0 Å². The topological polar surface area (TPSA) is 34.6 Å². The molecule has 2 rings (SSSR count). The normalized spacial score (nSPS) is 19.2. The van der Waals surface area contributed by atoms with E-state index in [4.69, 9.17) is 9.31 Å². The summed E-state index contributed by atoms with van der Waals surface area (Å²) >= 11 is 0. The van der Waals surface area contributed by atoms with Crippen molar-refractivity contribution in [2.45, 2.75) is 72.5 Å². The second kappa shape index (κ2) is 6.82. The highest BCUT2D eigenvalue weighted by atomic mass is 16.7. The van der Waals surface area contributed by atoms with Crippen molar-refractivity contribution < 1.29 is 9.31 Å². The lowest BCUT2D eigenvalue weighted by molar-refractivity contribution is 0.00578. The van der Waals surface area contributed by atoms with E-state index in [0.717, 1.165) is 37.2 Å². The van der Waals surface area contributed by atoms with E-state index < -0.39 is 0 Å². The number of pyridine rings is 1.